The van der Waals surface area contributed by atoms with Crippen LogP contribution in [-0.4, -0.2) is 23.4 Å². The Bertz CT molecular complexity index is 1780. The summed E-state index contributed by atoms with van der Waals surface area (Å²) in [6.07, 6.45) is 6.88. The summed E-state index contributed by atoms with van der Waals surface area (Å²) in [6.45, 7) is 1.84. The van der Waals surface area contributed by atoms with Gasteiger partial charge in [0.25, 0.3) is 11.8 Å². The third kappa shape index (κ3) is 4.47. The maximum Gasteiger partial charge on any atom is 0.263 e. The molecule has 0 aliphatic carbocycles. The van der Waals surface area contributed by atoms with E-state index in [-0.39, 0.29) is 22.5 Å². The van der Waals surface area contributed by atoms with Crippen LogP contribution < -0.4 is 18.9 Å². The van der Waals surface area contributed by atoms with E-state index >= 15 is 0 Å². The summed E-state index contributed by atoms with van der Waals surface area (Å²) in [5.41, 5.74) is 2.09. The number of carbonyl (C=O) groups is 4. The van der Waals surface area contributed by atoms with Crippen molar-refractivity contribution in [1.29, 1.82) is 0 Å². The van der Waals surface area contributed by atoms with E-state index in [2.05, 4.69) is 47.8 Å². The highest BCUT2D eigenvalue weighted by Gasteiger charge is 2.48. The molecule has 0 bridgehead atoms. The van der Waals surface area contributed by atoms with E-state index in [0.717, 1.165) is 5.56 Å². The number of fused-ring (bicyclic) bond motifs is 2. The van der Waals surface area contributed by atoms with Gasteiger partial charge in [-0.3, -0.25) is 29.0 Å². The molecule has 0 fully saturated rings. The van der Waals surface area contributed by atoms with Gasteiger partial charge in [-0.25, -0.2) is 9.13 Å². The quantitative estimate of drug-likeness (QED) is 0.199. The summed E-state index contributed by atoms with van der Waals surface area (Å²) in [7, 11) is 3.65. The van der Waals surface area contributed by atoms with Crippen LogP contribution in [0.1, 0.15) is 47.0 Å². The Balaban J connectivity index is 1.67. The van der Waals surface area contributed by atoms with Crippen molar-refractivity contribution >= 4 is 82.5 Å². The van der Waals surface area contributed by atoms with Crippen LogP contribution in [0, 0.1) is 6.92 Å². The number of Topliss-reactive ketones (excluding diaryl/α,β-unsaturated/α-hetero) is 2. The molecule has 4 heterocycles. The first-order chi connectivity index (χ1) is 20.0. The lowest BCUT2D eigenvalue weighted by Crippen LogP contribution is -2.37. The second-order valence-electron chi connectivity index (χ2n) is 10.1. The summed E-state index contributed by atoms with van der Waals surface area (Å²) in [4.78, 5) is 59.5. The van der Waals surface area contributed by atoms with Crippen LogP contribution >= 0.6 is 47.8 Å². The molecular formula is C31H21Br3N4O4+2. The number of aryl methyl sites for hydroxylation is 3. The molecule has 42 heavy (non-hydrogen) atoms. The smallest absolute Gasteiger partial charge is 0.263 e. The van der Waals surface area contributed by atoms with Crippen molar-refractivity contribution in [2.75, 3.05) is 9.80 Å². The monoisotopic (exact) mass is 750 g/mol. The van der Waals surface area contributed by atoms with Crippen LogP contribution in [0.5, 0.6) is 0 Å². The molecule has 2 aliphatic rings. The Morgan fingerprint density at radius 1 is 0.643 bits per heavy atom. The standard InChI is InChI=1S/C31H21Br3N4O4/c1-16-12-20-24(22(33)13-16)37(30(41)17-4-8-35(2)9-5-17)26(28(20)39)27-29(40)21-14-19(32)15-23(34)25(21)38(27)31(42)18-6-10-36(3)11-7-18/h4-15H,1-3H3/q+2/b27-26+. The first kappa shape index (κ1) is 28.3. The van der Waals surface area contributed by atoms with Crippen LogP contribution in [0.3, 0.4) is 0 Å². The van der Waals surface area contributed by atoms with Gasteiger partial charge in [-0.1, -0.05) is 15.9 Å². The lowest BCUT2D eigenvalue weighted by molar-refractivity contribution is -0.671. The zero-order valence-corrected chi connectivity index (χ0v) is 27.2. The number of carbonyl (C=O) groups excluding carboxylic acids is 4. The summed E-state index contributed by atoms with van der Waals surface area (Å²) >= 11 is 10.5. The fourth-order valence-electron chi connectivity index (χ4n) is 5.16. The van der Waals surface area contributed by atoms with E-state index in [9.17, 15) is 19.2 Å². The molecule has 208 valence electrons. The Hall–Kier alpha value is -3.80. The average molecular weight is 753 g/mol. The molecule has 6 rings (SSSR count). The fourth-order valence-corrected chi connectivity index (χ4v) is 7.32. The van der Waals surface area contributed by atoms with Gasteiger partial charge in [0.05, 0.1) is 28.1 Å². The van der Waals surface area contributed by atoms with E-state index < -0.39 is 23.4 Å². The maximum absolute atomic E-state index is 14.3. The minimum absolute atomic E-state index is 0.186. The molecule has 0 saturated carbocycles. The molecule has 0 unspecified atom stereocenters. The van der Waals surface area contributed by atoms with Crippen molar-refractivity contribution < 1.29 is 28.3 Å². The van der Waals surface area contributed by atoms with Gasteiger partial charge in [0.15, 0.2) is 24.8 Å². The van der Waals surface area contributed by atoms with Crippen LogP contribution in [0.2, 0.25) is 0 Å². The number of rotatable bonds is 2. The lowest BCUT2D eigenvalue weighted by Gasteiger charge is -2.25. The number of benzene rings is 2. The fraction of sp³-hybridized carbons (Fsp3) is 0.0968. The SMILES string of the molecule is Cc1cc(Br)c2c(c1)C(=O)/C(=C1/C(=O)c3cc(Br)cc(Br)c3N1C(=O)c1cc[n+](C)cc1)N2C(=O)c1cc[n+](C)cc1. The molecule has 2 aromatic carbocycles. The molecule has 11 heteroatoms. The third-order valence-corrected chi connectivity index (χ3v) is 8.80. The third-order valence-electron chi connectivity index (χ3n) is 7.13. The Labute approximate surface area is 266 Å². The van der Waals surface area contributed by atoms with Crippen molar-refractivity contribution in [2.24, 2.45) is 14.1 Å². The molecule has 2 aliphatic heterocycles. The number of halogens is 3. The Kier molecular flexibility index (Phi) is 7.07. The minimum Gasteiger partial charge on any atom is -0.287 e. The molecule has 0 atom stereocenters. The first-order valence-corrected chi connectivity index (χ1v) is 15.1. The van der Waals surface area contributed by atoms with Gasteiger partial charge in [0.2, 0.25) is 11.6 Å². The van der Waals surface area contributed by atoms with Crippen molar-refractivity contribution in [2.45, 2.75) is 6.92 Å². The number of nitrogens with zero attached hydrogens (tertiary/aromatic N) is 4. The predicted octanol–water partition coefficient (Wildman–Crippen LogP) is 5.53. The minimum atomic E-state index is -0.553. The molecule has 8 nitrogen and oxygen atoms in total. The molecular weight excluding hydrogens is 732 g/mol. The lowest BCUT2D eigenvalue weighted by atomic mass is 10.1. The summed E-state index contributed by atoms with van der Waals surface area (Å²) in [5.74, 6) is -2.12. The number of ketones is 2. The topological polar surface area (TPSA) is 82.5 Å². The average Bonchev–Trinajstić information content (AvgIpc) is 3.39. The molecule has 2 amide bonds. The summed E-state index contributed by atoms with van der Waals surface area (Å²) in [6, 6.07) is 13.4. The van der Waals surface area contributed by atoms with Gasteiger partial charge >= 0.3 is 0 Å². The second-order valence-corrected chi connectivity index (χ2v) is 12.7. The van der Waals surface area contributed by atoms with E-state index in [1.165, 1.54) is 9.80 Å². The molecule has 0 radical (unpaired) electrons. The number of anilines is 2. The predicted molar refractivity (Wildman–Crippen MR) is 165 cm³/mol. The zero-order chi connectivity index (χ0) is 30.0. The highest BCUT2D eigenvalue weighted by atomic mass is 79.9. The van der Waals surface area contributed by atoms with Crippen LogP contribution in [0.25, 0.3) is 0 Å². The number of aromatic nitrogens is 2. The van der Waals surface area contributed by atoms with Crippen LogP contribution in [0.15, 0.2) is 98.1 Å². The largest absolute Gasteiger partial charge is 0.287 e. The highest BCUT2D eigenvalue weighted by Crippen LogP contribution is 2.48. The molecule has 4 aromatic rings. The van der Waals surface area contributed by atoms with E-state index in [1.54, 1.807) is 82.5 Å². The number of pyridine rings is 2. The van der Waals surface area contributed by atoms with Gasteiger partial charge in [-0.05, 0) is 68.6 Å². The van der Waals surface area contributed by atoms with Gasteiger partial charge in [-0.2, -0.15) is 0 Å². The molecule has 2 aromatic heterocycles. The van der Waals surface area contributed by atoms with Gasteiger partial charge in [-0.15, -0.1) is 0 Å². The summed E-state index contributed by atoms with van der Waals surface area (Å²) in [5, 5.41) is 0. The normalized spacial score (nSPS) is 15.8. The van der Waals surface area contributed by atoms with Crippen molar-refractivity contribution in [3.8, 4) is 0 Å². The second kappa shape index (κ2) is 10.5. The Morgan fingerprint density at radius 3 is 1.50 bits per heavy atom. The molecule has 0 N–H and O–H groups in total. The zero-order valence-electron chi connectivity index (χ0n) is 22.5. The molecule has 0 spiro atoms. The van der Waals surface area contributed by atoms with Crippen molar-refractivity contribution in [3.63, 3.8) is 0 Å². The van der Waals surface area contributed by atoms with Gasteiger partial charge in [0, 0.05) is 43.2 Å². The molecule has 0 saturated heterocycles. The number of hydrogen-bond acceptors (Lipinski definition) is 4. The van der Waals surface area contributed by atoms with E-state index in [1.807, 2.05) is 21.0 Å². The van der Waals surface area contributed by atoms with Crippen LogP contribution in [0.4, 0.5) is 11.4 Å². The van der Waals surface area contributed by atoms with Crippen molar-refractivity contribution in [1.82, 2.24) is 0 Å². The van der Waals surface area contributed by atoms with Crippen LogP contribution in [-0.2, 0) is 14.1 Å². The highest BCUT2D eigenvalue weighted by molar-refractivity contribution is 9.11. The number of hydrogen-bond donors (Lipinski definition) is 0. The first-order valence-electron chi connectivity index (χ1n) is 12.7. The van der Waals surface area contributed by atoms with Gasteiger partial charge in [0.1, 0.15) is 25.5 Å². The van der Waals surface area contributed by atoms with E-state index in [4.69, 9.17) is 0 Å². The number of allylic oxidation sites excluding steroid dienone is 2. The van der Waals surface area contributed by atoms with E-state index in [0.29, 0.717) is 35.9 Å². The Morgan fingerprint density at radius 2 is 1.05 bits per heavy atom. The van der Waals surface area contributed by atoms with Gasteiger partial charge < -0.3 is 0 Å². The van der Waals surface area contributed by atoms with Crippen molar-refractivity contribution in [3.05, 3.63) is 126 Å². The maximum atomic E-state index is 14.3. The number of amides is 2. The summed E-state index contributed by atoms with van der Waals surface area (Å²) < 4.78 is 5.15.